The Hall–Kier alpha value is -1.55. The summed E-state index contributed by atoms with van der Waals surface area (Å²) < 4.78 is 0. The van der Waals surface area contributed by atoms with Crippen molar-refractivity contribution in [3.8, 4) is 0 Å². The monoisotopic (exact) mass is 350 g/mol. The second kappa shape index (κ2) is 8.92. The fraction of sp³-hybridized carbons (Fsp3) is 0.278. The Bertz CT molecular complexity index is 674. The van der Waals surface area contributed by atoms with E-state index in [0.717, 1.165) is 29.2 Å². The van der Waals surface area contributed by atoms with Gasteiger partial charge in [-0.15, -0.1) is 0 Å². The Morgan fingerprint density at radius 1 is 1.04 bits per heavy atom. The number of carbonyl (C=O) groups excluding carboxylic acids is 1. The molecule has 23 heavy (non-hydrogen) atoms. The number of anilines is 1. The predicted octanol–water partition coefficient (Wildman–Crippen LogP) is 4.46. The Morgan fingerprint density at radius 2 is 1.83 bits per heavy atom. The van der Waals surface area contributed by atoms with Gasteiger partial charge in [0.2, 0.25) is 5.91 Å². The first-order valence-corrected chi connectivity index (χ1v) is 8.31. The lowest BCUT2D eigenvalue weighted by atomic mass is 10.1. The second-order valence-corrected chi connectivity index (χ2v) is 6.26. The summed E-state index contributed by atoms with van der Waals surface area (Å²) in [6, 6.07) is 13.2. The van der Waals surface area contributed by atoms with Gasteiger partial charge in [-0.25, -0.2) is 0 Å². The highest BCUT2D eigenvalue weighted by Crippen LogP contribution is 2.19. The molecule has 0 spiro atoms. The number of benzene rings is 2. The maximum atomic E-state index is 11.9. The van der Waals surface area contributed by atoms with E-state index in [1.54, 1.807) is 6.07 Å². The van der Waals surface area contributed by atoms with Gasteiger partial charge in [0, 0.05) is 28.7 Å². The van der Waals surface area contributed by atoms with Crippen LogP contribution in [-0.2, 0) is 11.2 Å². The van der Waals surface area contributed by atoms with Crippen LogP contribution in [0.5, 0.6) is 0 Å². The highest BCUT2D eigenvalue weighted by molar-refractivity contribution is 6.31. The Balaban J connectivity index is 1.67. The number of hydrogen-bond donors (Lipinski definition) is 2. The SMILES string of the molecule is Cc1cc(Cl)ccc1NC(=O)CCNCCc1cccc(Cl)c1. The van der Waals surface area contributed by atoms with Gasteiger partial charge in [0.15, 0.2) is 0 Å². The Kier molecular flexibility index (Phi) is 6.90. The largest absolute Gasteiger partial charge is 0.326 e. The maximum absolute atomic E-state index is 11.9. The van der Waals surface area contributed by atoms with E-state index >= 15 is 0 Å². The molecule has 0 aliphatic carbocycles. The molecule has 5 heteroatoms. The minimum atomic E-state index is -0.00863. The summed E-state index contributed by atoms with van der Waals surface area (Å²) in [5.41, 5.74) is 2.95. The third kappa shape index (κ3) is 6.22. The van der Waals surface area contributed by atoms with Crippen LogP contribution in [0.15, 0.2) is 42.5 Å². The Morgan fingerprint density at radius 3 is 2.57 bits per heavy atom. The minimum absolute atomic E-state index is 0.00863. The van der Waals surface area contributed by atoms with E-state index in [0.29, 0.717) is 18.0 Å². The number of hydrogen-bond acceptors (Lipinski definition) is 2. The predicted molar refractivity (Wildman–Crippen MR) is 97.5 cm³/mol. The van der Waals surface area contributed by atoms with Crippen LogP contribution in [0.25, 0.3) is 0 Å². The fourth-order valence-corrected chi connectivity index (χ4v) is 2.67. The van der Waals surface area contributed by atoms with E-state index in [4.69, 9.17) is 23.2 Å². The highest BCUT2D eigenvalue weighted by Gasteiger charge is 2.05. The molecule has 0 saturated carbocycles. The van der Waals surface area contributed by atoms with Crippen molar-refractivity contribution >= 4 is 34.8 Å². The average Bonchev–Trinajstić information content (AvgIpc) is 2.50. The molecule has 0 fully saturated rings. The number of nitrogens with one attached hydrogen (secondary N) is 2. The summed E-state index contributed by atoms with van der Waals surface area (Å²) in [6.07, 6.45) is 1.32. The highest BCUT2D eigenvalue weighted by atomic mass is 35.5. The molecule has 0 aromatic heterocycles. The van der Waals surface area contributed by atoms with Crippen LogP contribution in [0.4, 0.5) is 5.69 Å². The molecule has 2 N–H and O–H groups in total. The van der Waals surface area contributed by atoms with Crippen LogP contribution < -0.4 is 10.6 Å². The van der Waals surface area contributed by atoms with Crippen LogP contribution in [0.1, 0.15) is 17.5 Å². The second-order valence-electron chi connectivity index (χ2n) is 5.39. The molecule has 0 saturated heterocycles. The zero-order valence-electron chi connectivity index (χ0n) is 13.0. The topological polar surface area (TPSA) is 41.1 Å². The van der Waals surface area contributed by atoms with Crippen molar-refractivity contribution in [3.05, 3.63) is 63.6 Å². The van der Waals surface area contributed by atoms with Gasteiger partial charge in [0.05, 0.1) is 0 Å². The molecule has 122 valence electrons. The molecule has 1 amide bonds. The van der Waals surface area contributed by atoms with Crippen molar-refractivity contribution in [1.82, 2.24) is 5.32 Å². The van der Waals surface area contributed by atoms with Crippen molar-refractivity contribution in [1.29, 1.82) is 0 Å². The summed E-state index contributed by atoms with van der Waals surface area (Å²) in [4.78, 5) is 11.9. The molecular formula is C18H20Cl2N2O. The van der Waals surface area contributed by atoms with E-state index in [-0.39, 0.29) is 5.91 Å². The number of rotatable bonds is 7. The lowest BCUT2D eigenvalue weighted by molar-refractivity contribution is -0.116. The molecule has 0 atom stereocenters. The van der Waals surface area contributed by atoms with Crippen molar-refractivity contribution in [2.24, 2.45) is 0 Å². The quantitative estimate of drug-likeness (QED) is 0.723. The van der Waals surface area contributed by atoms with Gasteiger partial charge in [0.1, 0.15) is 0 Å². The molecule has 0 bridgehead atoms. The first-order valence-electron chi connectivity index (χ1n) is 7.56. The van der Waals surface area contributed by atoms with Crippen LogP contribution in [-0.4, -0.2) is 19.0 Å². The Labute approximate surface area is 147 Å². The van der Waals surface area contributed by atoms with E-state index in [9.17, 15) is 4.79 Å². The van der Waals surface area contributed by atoms with E-state index in [1.807, 2.05) is 43.3 Å². The van der Waals surface area contributed by atoms with Crippen LogP contribution in [0.2, 0.25) is 10.0 Å². The van der Waals surface area contributed by atoms with Crippen molar-refractivity contribution < 1.29 is 4.79 Å². The third-order valence-corrected chi connectivity index (χ3v) is 3.94. The van der Waals surface area contributed by atoms with Gasteiger partial charge in [-0.05, 0) is 61.3 Å². The lowest BCUT2D eigenvalue weighted by Crippen LogP contribution is -2.23. The first kappa shape index (κ1) is 17.8. The van der Waals surface area contributed by atoms with Gasteiger partial charge in [0.25, 0.3) is 0 Å². The molecule has 2 rings (SSSR count). The minimum Gasteiger partial charge on any atom is -0.326 e. The van der Waals surface area contributed by atoms with Crippen molar-refractivity contribution in [2.75, 3.05) is 18.4 Å². The molecule has 2 aromatic rings. The van der Waals surface area contributed by atoms with Crippen molar-refractivity contribution in [2.45, 2.75) is 19.8 Å². The van der Waals surface area contributed by atoms with Gasteiger partial charge < -0.3 is 10.6 Å². The molecular weight excluding hydrogens is 331 g/mol. The van der Waals surface area contributed by atoms with E-state index in [1.165, 1.54) is 5.56 Å². The van der Waals surface area contributed by atoms with Crippen molar-refractivity contribution in [3.63, 3.8) is 0 Å². The smallest absolute Gasteiger partial charge is 0.225 e. The van der Waals surface area contributed by atoms with Crippen LogP contribution in [0, 0.1) is 6.92 Å². The van der Waals surface area contributed by atoms with Gasteiger partial charge in [-0.2, -0.15) is 0 Å². The van der Waals surface area contributed by atoms with E-state index in [2.05, 4.69) is 10.6 Å². The van der Waals surface area contributed by atoms with E-state index < -0.39 is 0 Å². The average molecular weight is 351 g/mol. The molecule has 0 aliphatic heterocycles. The molecule has 0 heterocycles. The normalized spacial score (nSPS) is 10.6. The van der Waals surface area contributed by atoms with Crippen LogP contribution in [0.3, 0.4) is 0 Å². The maximum Gasteiger partial charge on any atom is 0.225 e. The number of amides is 1. The number of aryl methyl sites for hydroxylation is 1. The molecule has 3 nitrogen and oxygen atoms in total. The lowest BCUT2D eigenvalue weighted by Gasteiger charge is -2.09. The summed E-state index contributed by atoms with van der Waals surface area (Å²) in [7, 11) is 0. The molecule has 0 unspecified atom stereocenters. The number of halogens is 2. The zero-order valence-corrected chi connectivity index (χ0v) is 14.5. The van der Waals surface area contributed by atoms with Gasteiger partial charge in [-0.1, -0.05) is 35.3 Å². The molecule has 2 aromatic carbocycles. The van der Waals surface area contributed by atoms with Gasteiger partial charge in [-0.3, -0.25) is 4.79 Å². The summed E-state index contributed by atoms with van der Waals surface area (Å²) in [5.74, 6) is -0.00863. The number of carbonyl (C=O) groups is 1. The summed E-state index contributed by atoms with van der Waals surface area (Å²) in [6.45, 7) is 3.37. The zero-order chi connectivity index (χ0) is 16.7. The standard InChI is InChI=1S/C18H20Cl2N2O/c1-13-11-16(20)5-6-17(13)22-18(23)8-10-21-9-7-14-3-2-4-15(19)12-14/h2-6,11-12,21H,7-10H2,1H3,(H,22,23). The summed E-state index contributed by atoms with van der Waals surface area (Å²) in [5, 5.41) is 7.59. The van der Waals surface area contributed by atoms with Crippen LogP contribution >= 0.6 is 23.2 Å². The first-order chi connectivity index (χ1) is 11.0. The third-order valence-electron chi connectivity index (χ3n) is 3.47. The molecule has 0 radical (unpaired) electrons. The summed E-state index contributed by atoms with van der Waals surface area (Å²) >= 11 is 11.8. The molecule has 0 aliphatic rings. The van der Waals surface area contributed by atoms with Gasteiger partial charge >= 0.3 is 0 Å². The fourth-order valence-electron chi connectivity index (χ4n) is 2.23.